The number of ether oxygens (including phenoxy) is 4. The normalized spacial score (nSPS) is 13.7. The zero-order valence-electron chi connectivity index (χ0n) is 24.2. The van der Waals surface area contributed by atoms with Crippen molar-refractivity contribution < 1.29 is 23.7 Å². The molecule has 220 valence electrons. The fourth-order valence-corrected chi connectivity index (χ4v) is 5.09. The van der Waals surface area contributed by atoms with Crippen LogP contribution in [0.2, 0.25) is 0 Å². The summed E-state index contributed by atoms with van der Waals surface area (Å²) < 4.78 is 22.5. The molecule has 1 N–H and O–H groups in total. The molecule has 43 heavy (non-hydrogen) atoms. The Hall–Kier alpha value is -4.93. The highest BCUT2D eigenvalue weighted by Crippen LogP contribution is 2.35. The molecule has 10 heteroatoms. The summed E-state index contributed by atoms with van der Waals surface area (Å²) in [4.78, 5) is 24.2. The molecule has 0 bridgehead atoms. The molecular formula is C33H33N5O5. The van der Waals surface area contributed by atoms with Gasteiger partial charge >= 0.3 is 0 Å². The van der Waals surface area contributed by atoms with Gasteiger partial charge in [-0.25, -0.2) is 15.0 Å². The van der Waals surface area contributed by atoms with Crippen LogP contribution in [0, 0.1) is 0 Å². The van der Waals surface area contributed by atoms with Crippen molar-refractivity contribution in [2.75, 3.05) is 58.5 Å². The van der Waals surface area contributed by atoms with Gasteiger partial charge in [0, 0.05) is 50.3 Å². The van der Waals surface area contributed by atoms with E-state index in [0.717, 1.165) is 33.2 Å². The van der Waals surface area contributed by atoms with E-state index in [-0.39, 0.29) is 5.91 Å². The fraction of sp³-hybridized carbons (Fsp3) is 0.242. The number of nitrogens with zero attached hydrogens (tertiary/aromatic N) is 4. The summed E-state index contributed by atoms with van der Waals surface area (Å²) in [6.45, 7) is 3.51. The highest BCUT2D eigenvalue weighted by atomic mass is 16.5. The molecule has 0 aliphatic carbocycles. The Kier molecular flexibility index (Phi) is 8.48. The lowest BCUT2D eigenvalue weighted by Gasteiger charge is -2.35. The van der Waals surface area contributed by atoms with Crippen molar-refractivity contribution in [1.29, 1.82) is 0 Å². The molecule has 1 saturated heterocycles. The van der Waals surface area contributed by atoms with Crippen LogP contribution < -0.4 is 24.5 Å². The molecule has 6 rings (SSSR count). The van der Waals surface area contributed by atoms with Gasteiger partial charge < -0.3 is 23.8 Å². The van der Waals surface area contributed by atoms with Crippen LogP contribution in [-0.2, 0) is 4.74 Å². The number of fused-ring (bicyclic) bond motifs is 2. The average Bonchev–Trinajstić information content (AvgIpc) is 3.05. The molecule has 1 aliphatic heterocycles. The van der Waals surface area contributed by atoms with E-state index in [0.29, 0.717) is 62.2 Å². The Morgan fingerprint density at radius 2 is 1.58 bits per heavy atom. The number of hydrazine groups is 1. The number of methoxy groups -OCH3 is 2. The predicted molar refractivity (Wildman–Crippen MR) is 165 cm³/mol. The number of nitrogens with one attached hydrogen (secondary N) is 1. The maximum Gasteiger partial charge on any atom is 0.265 e. The summed E-state index contributed by atoms with van der Waals surface area (Å²) in [6.07, 6.45) is 1.56. The molecule has 1 aromatic heterocycles. The van der Waals surface area contributed by atoms with Crippen LogP contribution in [-0.4, -0.2) is 74.5 Å². The topological polar surface area (TPSA) is 98.3 Å². The molecule has 0 radical (unpaired) electrons. The SMILES string of the molecule is COCCOc1cc2ncnc(N3CCN(NC(=O)c4ccc(Oc5ccc6ccccc6c5)cc4)CC3)c2cc1OC. The van der Waals surface area contributed by atoms with Crippen LogP contribution in [0.1, 0.15) is 10.4 Å². The smallest absolute Gasteiger partial charge is 0.265 e. The van der Waals surface area contributed by atoms with Gasteiger partial charge in [0.15, 0.2) is 11.5 Å². The first-order valence-corrected chi connectivity index (χ1v) is 14.1. The first-order chi connectivity index (χ1) is 21.1. The quantitative estimate of drug-likeness (QED) is 0.227. The average molecular weight is 580 g/mol. The van der Waals surface area contributed by atoms with Crippen molar-refractivity contribution in [2.24, 2.45) is 0 Å². The number of carbonyl (C=O) groups is 1. The first kappa shape index (κ1) is 28.2. The molecule has 0 unspecified atom stereocenters. The monoisotopic (exact) mass is 579 g/mol. The van der Waals surface area contributed by atoms with Crippen molar-refractivity contribution in [3.8, 4) is 23.0 Å². The summed E-state index contributed by atoms with van der Waals surface area (Å²) in [6, 6.07) is 25.1. The highest BCUT2D eigenvalue weighted by Gasteiger charge is 2.22. The van der Waals surface area contributed by atoms with Gasteiger partial charge in [0.2, 0.25) is 0 Å². The number of hydrogen-bond acceptors (Lipinski definition) is 9. The number of aromatic nitrogens is 2. The molecule has 10 nitrogen and oxygen atoms in total. The lowest BCUT2D eigenvalue weighted by Crippen LogP contribution is -2.53. The Morgan fingerprint density at radius 3 is 2.35 bits per heavy atom. The standard InChI is InChI=1S/C33H33N5O5/c1-40-17-18-42-31-21-29-28(20-30(31)41-2)32(35-22-34-29)37-13-15-38(16-14-37)36-33(39)24-8-10-26(11-9-24)43-27-12-7-23-5-3-4-6-25(23)19-27/h3-12,19-22H,13-18H2,1-2H3,(H,36,39). The summed E-state index contributed by atoms with van der Waals surface area (Å²) >= 11 is 0. The molecule has 4 aromatic carbocycles. The van der Waals surface area contributed by atoms with Gasteiger partial charge in [-0.1, -0.05) is 30.3 Å². The van der Waals surface area contributed by atoms with Gasteiger partial charge in [-0.15, -0.1) is 0 Å². The molecule has 5 aromatic rings. The summed E-state index contributed by atoms with van der Waals surface area (Å²) in [5.74, 6) is 3.29. The number of benzene rings is 4. The molecule has 2 heterocycles. The van der Waals surface area contributed by atoms with E-state index in [1.807, 2.05) is 59.6 Å². The molecule has 0 spiro atoms. The van der Waals surface area contributed by atoms with Crippen LogP contribution in [0.15, 0.2) is 85.2 Å². The van der Waals surface area contributed by atoms with Crippen molar-refractivity contribution >= 4 is 33.4 Å². The molecular weight excluding hydrogens is 546 g/mol. The Bertz CT molecular complexity index is 1720. The maximum absolute atomic E-state index is 13.0. The predicted octanol–water partition coefficient (Wildman–Crippen LogP) is 5.08. The van der Waals surface area contributed by atoms with Gasteiger partial charge in [-0.3, -0.25) is 10.2 Å². The number of anilines is 1. The highest BCUT2D eigenvalue weighted by molar-refractivity contribution is 5.94. The minimum absolute atomic E-state index is 0.163. The number of piperazine rings is 1. The van der Waals surface area contributed by atoms with Crippen LogP contribution in [0.25, 0.3) is 21.7 Å². The molecule has 1 fully saturated rings. The van der Waals surface area contributed by atoms with Crippen LogP contribution >= 0.6 is 0 Å². The minimum atomic E-state index is -0.163. The lowest BCUT2D eigenvalue weighted by molar-refractivity contribution is 0.0777. The zero-order valence-corrected chi connectivity index (χ0v) is 24.2. The van der Waals surface area contributed by atoms with Gasteiger partial charge in [-0.2, -0.15) is 0 Å². The van der Waals surface area contributed by atoms with E-state index in [1.54, 1.807) is 32.7 Å². The number of carbonyl (C=O) groups excluding carboxylic acids is 1. The fourth-order valence-electron chi connectivity index (χ4n) is 5.09. The van der Waals surface area contributed by atoms with Gasteiger partial charge in [-0.05, 0) is 53.2 Å². The second-order valence-corrected chi connectivity index (χ2v) is 10.1. The summed E-state index contributed by atoms with van der Waals surface area (Å²) in [5.41, 5.74) is 4.36. The third kappa shape index (κ3) is 6.45. The van der Waals surface area contributed by atoms with E-state index in [1.165, 1.54) is 0 Å². The van der Waals surface area contributed by atoms with Crippen LogP contribution in [0.3, 0.4) is 0 Å². The Labute approximate surface area is 249 Å². The van der Waals surface area contributed by atoms with Gasteiger partial charge in [0.1, 0.15) is 30.3 Å². The second kappa shape index (κ2) is 12.9. The maximum atomic E-state index is 13.0. The summed E-state index contributed by atoms with van der Waals surface area (Å²) in [5, 5.41) is 5.08. The largest absolute Gasteiger partial charge is 0.493 e. The molecule has 0 atom stereocenters. The Morgan fingerprint density at radius 1 is 0.814 bits per heavy atom. The third-order valence-corrected chi connectivity index (χ3v) is 7.36. The minimum Gasteiger partial charge on any atom is -0.493 e. The van der Waals surface area contributed by atoms with Crippen LogP contribution in [0.4, 0.5) is 5.82 Å². The second-order valence-electron chi connectivity index (χ2n) is 10.1. The van der Waals surface area contributed by atoms with E-state index < -0.39 is 0 Å². The van der Waals surface area contributed by atoms with Crippen molar-refractivity contribution in [3.05, 3.63) is 90.8 Å². The van der Waals surface area contributed by atoms with Crippen molar-refractivity contribution in [2.45, 2.75) is 0 Å². The van der Waals surface area contributed by atoms with Crippen molar-refractivity contribution in [3.63, 3.8) is 0 Å². The van der Waals surface area contributed by atoms with Gasteiger partial charge in [0.05, 0.1) is 19.2 Å². The third-order valence-electron chi connectivity index (χ3n) is 7.36. The van der Waals surface area contributed by atoms with E-state index in [2.05, 4.69) is 32.4 Å². The first-order valence-electron chi connectivity index (χ1n) is 14.1. The van der Waals surface area contributed by atoms with Gasteiger partial charge in [0.25, 0.3) is 5.91 Å². The van der Waals surface area contributed by atoms with Crippen LogP contribution in [0.5, 0.6) is 23.0 Å². The molecule has 1 aliphatic rings. The number of amides is 1. The Balaban J connectivity index is 1.06. The number of hydrogen-bond donors (Lipinski definition) is 1. The van der Waals surface area contributed by atoms with E-state index in [4.69, 9.17) is 18.9 Å². The van der Waals surface area contributed by atoms with E-state index >= 15 is 0 Å². The van der Waals surface area contributed by atoms with E-state index in [9.17, 15) is 4.79 Å². The molecule has 0 saturated carbocycles. The van der Waals surface area contributed by atoms with Crippen molar-refractivity contribution in [1.82, 2.24) is 20.4 Å². The summed E-state index contributed by atoms with van der Waals surface area (Å²) in [7, 11) is 3.24. The zero-order chi connectivity index (χ0) is 29.6. The lowest BCUT2D eigenvalue weighted by atomic mass is 10.1. The molecule has 1 amide bonds. The number of rotatable bonds is 10.